The van der Waals surface area contributed by atoms with Crippen LogP contribution in [0.4, 0.5) is 0 Å². The molecule has 0 aliphatic rings. The highest BCUT2D eigenvalue weighted by molar-refractivity contribution is 5.34. The quantitative estimate of drug-likeness (QED) is 0.625. The van der Waals surface area contributed by atoms with Gasteiger partial charge in [0.15, 0.2) is 0 Å². The van der Waals surface area contributed by atoms with Gasteiger partial charge in [0.25, 0.3) is 0 Å². The van der Waals surface area contributed by atoms with Crippen LogP contribution in [0, 0.1) is 13.8 Å². The maximum atomic E-state index is 4.09. The van der Waals surface area contributed by atoms with Gasteiger partial charge in [-0.1, -0.05) is 72.7 Å². The molecule has 0 atom stereocenters. The SMILES string of the molecule is C=C(/C=C/C(=C)Cc1cc(C)cc(C)c1)CC. The zero-order valence-electron chi connectivity index (χ0n) is 11.2. The summed E-state index contributed by atoms with van der Waals surface area (Å²) in [5.41, 5.74) is 6.24. The Balaban J connectivity index is 2.68. The van der Waals surface area contributed by atoms with E-state index in [-0.39, 0.29) is 0 Å². The number of hydrogen-bond acceptors (Lipinski definition) is 0. The molecule has 0 nitrogen and oxygen atoms in total. The monoisotopic (exact) mass is 226 g/mol. The molecule has 0 amide bonds. The summed E-state index contributed by atoms with van der Waals surface area (Å²) in [6, 6.07) is 6.64. The van der Waals surface area contributed by atoms with Gasteiger partial charge in [-0.3, -0.25) is 0 Å². The summed E-state index contributed by atoms with van der Waals surface area (Å²) < 4.78 is 0. The normalized spacial score (nSPS) is 10.8. The van der Waals surface area contributed by atoms with E-state index in [2.05, 4.69) is 64.3 Å². The van der Waals surface area contributed by atoms with Crippen molar-refractivity contribution in [3.8, 4) is 0 Å². The summed E-state index contributed by atoms with van der Waals surface area (Å²) in [6.07, 6.45) is 6.04. The summed E-state index contributed by atoms with van der Waals surface area (Å²) in [5, 5.41) is 0. The van der Waals surface area contributed by atoms with Gasteiger partial charge in [-0.15, -0.1) is 0 Å². The molecule has 0 aliphatic heterocycles. The lowest BCUT2D eigenvalue weighted by atomic mass is 10.0. The Hall–Kier alpha value is -1.56. The van der Waals surface area contributed by atoms with Crippen LogP contribution in [-0.4, -0.2) is 0 Å². The van der Waals surface area contributed by atoms with Crippen molar-refractivity contribution in [2.24, 2.45) is 0 Å². The summed E-state index contributed by atoms with van der Waals surface area (Å²) in [6.45, 7) is 14.4. The Labute approximate surface area is 105 Å². The molecular formula is C17H22. The van der Waals surface area contributed by atoms with E-state index in [1.807, 2.05) is 0 Å². The smallest absolute Gasteiger partial charge is 0.00314 e. The Bertz CT molecular complexity index is 427. The van der Waals surface area contributed by atoms with Crippen LogP contribution in [0.5, 0.6) is 0 Å². The van der Waals surface area contributed by atoms with Gasteiger partial charge < -0.3 is 0 Å². The summed E-state index contributed by atoms with van der Waals surface area (Å²) in [7, 11) is 0. The molecule has 0 saturated carbocycles. The van der Waals surface area contributed by atoms with E-state index in [0.717, 1.165) is 24.0 Å². The molecule has 0 aliphatic carbocycles. The fourth-order valence-electron chi connectivity index (χ4n) is 1.85. The van der Waals surface area contributed by atoms with E-state index in [4.69, 9.17) is 0 Å². The molecule has 0 bridgehead atoms. The zero-order chi connectivity index (χ0) is 12.8. The lowest BCUT2D eigenvalue weighted by molar-refractivity contribution is 1.15. The third kappa shape index (κ3) is 4.86. The van der Waals surface area contributed by atoms with Crippen LogP contribution in [0.3, 0.4) is 0 Å². The lowest BCUT2D eigenvalue weighted by Crippen LogP contribution is -1.89. The fraction of sp³-hybridized carbons (Fsp3) is 0.294. The summed E-state index contributed by atoms with van der Waals surface area (Å²) in [4.78, 5) is 0. The maximum absolute atomic E-state index is 4.09. The van der Waals surface area contributed by atoms with E-state index in [1.165, 1.54) is 16.7 Å². The van der Waals surface area contributed by atoms with Crippen LogP contribution in [-0.2, 0) is 6.42 Å². The molecule has 1 aromatic carbocycles. The first-order valence-corrected chi connectivity index (χ1v) is 6.12. The number of allylic oxidation sites excluding steroid dienone is 4. The minimum atomic E-state index is 0.913. The van der Waals surface area contributed by atoms with Gasteiger partial charge in [0, 0.05) is 0 Å². The van der Waals surface area contributed by atoms with Gasteiger partial charge in [0.05, 0.1) is 0 Å². The van der Waals surface area contributed by atoms with Gasteiger partial charge in [-0.25, -0.2) is 0 Å². The Morgan fingerprint density at radius 1 is 1.00 bits per heavy atom. The minimum absolute atomic E-state index is 0.913. The molecule has 1 rings (SSSR count). The van der Waals surface area contributed by atoms with Crippen LogP contribution >= 0.6 is 0 Å². The average molecular weight is 226 g/mol. The van der Waals surface area contributed by atoms with Gasteiger partial charge in [-0.2, -0.15) is 0 Å². The number of aryl methyl sites for hydroxylation is 2. The minimum Gasteiger partial charge on any atom is -0.0958 e. The number of hydrogen-bond donors (Lipinski definition) is 0. The van der Waals surface area contributed by atoms with Crippen molar-refractivity contribution in [3.05, 3.63) is 71.3 Å². The molecule has 0 spiro atoms. The first-order chi connectivity index (χ1) is 8.01. The molecule has 0 radical (unpaired) electrons. The van der Waals surface area contributed by atoms with E-state index in [9.17, 15) is 0 Å². The Morgan fingerprint density at radius 3 is 2.06 bits per heavy atom. The molecule has 0 N–H and O–H groups in total. The van der Waals surface area contributed by atoms with E-state index >= 15 is 0 Å². The van der Waals surface area contributed by atoms with Gasteiger partial charge >= 0.3 is 0 Å². The second kappa shape index (κ2) is 6.24. The maximum Gasteiger partial charge on any atom is -0.00314 e. The fourth-order valence-corrected chi connectivity index (χ4v) is 1.85. The van der Waals surface area contributed by atoms with Gasteiger partial charge in [-0.05, 0) is 32.3 Å². The van der Waals surface area contributed by atoms with Crippen LogP contribution in [0.1, 0.15) is 30.0 Å². The second-order valence-electron chi connectivity index (χ2n) is 4.68. The molecular weight excluding hydrogens is 204 g/mol. The average Bonchev–Trinajstić information content (AvgIpc) is 2.24. The summed E-state index contributed by atoms with van der Waals surface area (Å²) in [5.74, 6) is 0. The highest BCUT2D eigenvalue weighted by Gasteiger charge is 1.97. The molecule has 1 aromatic rings. The molecule has 0 fully saturated rings. The molecule has 17 heavy (non-hydrogen) atoms. The molecule has 0 aromatic heterocycles. The predicted molar refractivity (Wildman–Crippen MR) is 77.3 cm³/mol. The third-order valence-electron chi connectivity index (χ3n) is 2.72. The van der Waals surface area contributed by atoms with E-state index in [0.29, 0.717) is 0 Å². The topological polar surface area (TPSA) is 0 Å². The zero-order valence-corrected chi connectivity index (χ0v) is 11.2. The molecule has 90 valence electrons. The van der Waals surface area contributed by atoms with Crippen molar-refractivity contribution in [1.82, 2.24) is 0 Å². The first kappa shape index (κ1) is 13.5. The predicted octanol–water partition coefficient (Wildman–Crippen LogP) is 4.92. The van der Waals surface area contributed by atoms with Gasteiger partial charge in [0.1, 0.15) is 0 Å². The highest BCUT2D eigenvalue weighted by atomic mass is 14.0. The van der Waals surface area contributed by atoms with Crippen molar-refractivity contribution < 1.29 is 0 Å². The van der Waals surface area contributed by atoms with Crippen LogP contribution in [0.2, 0.25) is 0 Å². The standard InChI is InChI=1S/C17H22/c1-6-13(2)7-8-14(3)10-17-11-15(4)9-16(5)12-17/h7-9,11-12H,2-3,6,10H2,1,4-5H3/b8-7+. The number of benzene rings is 1. The molecule has 0 heteroatoms. The largest absolute Gasteiger partial charge is 0.0958 e. The second-order valence-corrected chi connectivity index (χ2v) is 4.68. The summed E-state index contributed by atoms with van der Waals surface area (Å²) >= 11 is 0. The van der Waals surface area contributed by atoms with E-state index < -0.39 is 0 Å². The van der Waals surface area contributed by atoms with Crippen LogP contribution in [0.15, 0.2) is 54.7 Å². The Morgan fingerprint density at radius 2 is 1.53 bits per heavy atom. The van der Waals surface area contributed by atoms with Crippen molar-refractivity contribution in [2.75, 3.05) is 0 Å². The van der Waals surface area contributed by atoms with Crippen molar-refractivity contribution >= 4 is 0 Å². The number of rotatable bonds is 5. The van der Waals surface area contributed by atoms with Crippen molar-refractivity contribution in [3.63, 3.8) is 0 Å². The molecule has 0 unspecified atom stereocenters. The molecule has 0 saturated heterocycles. The van der Waals surface area contributed by atoms with E-state index in [1.54, 1.807) is 0 Å². The lowest BCUT2D eigenvalue weighted by Gasteiger charge is -2.05. The van der Waals surface area contributed by atoms with Crippen molar-refractivity contribution in [2.45, 2.75) is 33.6 Å². The van der Waals surface area contributed by atoms with Crippen LogP contribution < -0.4 is 0 Å². The highest BCUT2D eigenvalue weighted by Crippen LogP contribution is 2.13. The Kier molecular flexibility index (Phi) is 4.96. The van der Waals surface area contributed by atoms with Gasteiger partial charge in [0.2, 0.25) is 0 Å². The first-order valence-electron chi connectivity index (χ1n) is 6.12. The van der Waals surface area contributed by atoms with Crippen molar-refractivity contribution in [1.29, 1.82) is 0 Å². The van der Waals surface area contributed by atoms with Crippen LogP contribution in [0.25, 0.3) is 0 Å². The molecule has 0 heterocycles. The third-order valence-corrected chi connectivity index (χ3v) is 2.72.